The van der Waals surface area contributed by atoms with Gasteiger partial charge in [-0.2, -0.15) is 0 Å². The van der Waals surface area contributed by atoms with Crippen LogP contribution in [0.15, 0.2) is 30.3 Å². The molecule has 2 aromatic rings. The number of nitrogens with zero attached hydrogens (tertiary/aromatic N) is 1. The van der Waals surface area contributed by atoms with Gasteiger partial charge >= 0.3 is 0 Å². The van der Waals surface area contributed by atoms with Gasteiger partial charge in [0.25, 0.3) is 0 Å². The molecular weight excluding hydrogens is 337 g/mol. The number of methoxy groups -OCH3 is 1. The third-order valence-corrected chi connectivity index (χ3v) is 4.77. The Morgan fingerprint density at radius 2 is 2.13 bits per heavy atom. The van der Waals surface area contributed by atoms with Crippen LogP contribution in [-0.2, 0) is 17.8 Å². The molecule has 0 aliphatic rings. The predicted molar refractivity (Wildman–Crippen MR) is 91.7 cm³/mol. The lowest BCUT2D eigenvalue weighted by molar-refractivity contribution is -0.131. The van der Waals surface area contributed by atoms with Gasteiger partial charge in [0.05, 0.1) is 18.0 Å². The smallest absolute Gasteiger partial charge is 0.223 e. The summed E-state index contributed by atoms with van der Waals surface area (Å²) >= 11 is 7.39. The average Bonchev–Trinajstić information content (AvgIpc) is 2.95. The molecule has 0 bridgehead atoms. The number of carbonyl (C=O) groups excluding carboxylic acids is 1. The number of carbonyl (C=O) groups is 1. The number of ether oxygens (including phenoxy) is 1. The minimum Gasteiger partial charge on any atom is -0.494 e. The van der Waals surface area contributed by atoms with E-state index in [0.29, 0.717) is 25.9 Å². The van der Waals surface area contributed by atoms with Crippen LogP contribution in [0.4, 0.5) is 4.39 Å². The summed E-state index contributed by atoms with van der Waals surface area (Å²) in [5.41, 5.74) is 0.784. The van der Waals surface area contributed by atoms with Crippen LogP contribution in [-0.4, -0.2) is 24.5 Å². The Balaban J connectivity index is 1.93. The Bertz CT molecular complexity index is 674. The first kappa shape index (κ1) is 17.8. The first-order chi connectivity index (χ1) is 11.0. The number of thiophene rings is 1. The molecule has 0 saturated heterocycles. The molecular formula is C17H19ClFNO2S. The topological polar surface area (TPSA) is 29.5 Å². The van der Waals surface area contributed by atoms with Gasteiger partial charge in [0.15, 0.2) is 11.6 Å². The summed E-state index contributed by atoms with van der Waals surface area (Å²) < 4.78 is 19.3. The molecule has 23 heavy (non-hydrogen) atoms. The predicted octanol–water partition coefficient (Wildman–Crippen LogP) is 4.53. The van der Waals surface area contributed by atoms with Crippen molar-refractivity contribution in [1.29, 1.82) is 0 Å². The fourth-order valence-corrected chi connectivity index (χ4v) is 3.38. The number of amides is 1. The van der Waals surface area contributed by atoms with Crippen molar-refractivity contribution in [2.24, 2.45) is 0 Å². The molecule has 1 aromatic heterocycles. The molecule has 6 heteroatoms. The minimum atomic E-state index is -0.405. The fourth-order valence-electron chi connectivity index (χ4n) is 2.28. The third kappa shape index (κ3) is 4.94. The van der Waals surface area contributed by atoms with Gasteiger partial charge in [-0.05, 0) is 43.2 Å². The Hall–Kier alpha value is -1.59. The zero-order valence-corrected chi connectivity index (χ0v) is 14.7. The van der Waals surface area contributed by atoms with Gasteiger partial charge in [-0.15, -0.1) is 11.3 Å². The zero-order valence-electron chi connectivity index (χ0n) is 13.1. The number of hydrogen-bond acceptors (Lipinski definition) is 3. The summed E-state index contributed by atoms with van der Waals surface area (Å²) in [5.74, 6) is -0.142. The van der Waals surface area contributed by atoms with E-state index in [1.165, 1.54) is 24.5 Å². The van der Waals surface area contributed by atoms with Crippen LogP contribution in [0.2, 0.25) is 4.34 Å². The van der Waals surface area contributed by atoms with Gasteiger partial charge in [0.2, 0.25) is 5.91 Å². The molecule has 0 unspecified atom stereocenters. The summed E-state index contributed by atoms with van der Waals surface area (Å²) in [6.45, 7) is 3.13. The monoisotopic (exact) mass is 355 g/mol. The van der Waals surface area contributed by atoms with Crippen molar-refractivity contribution in [3.63, 3.8) is 0 Å². The van der Waals surface area contributed by atoms with Crippen molar-refractivity contribution < 1.29 is 13.9 Å². The molecule has 0 atom stereocenters. The maximum Gasteiger partial charge on any atom is 0.223 e. The van der Waals surface area contributed by atoms with Crippen LogP contribution in [0, 0.1) is 5.82 Å². The molecule has 0 fully saturated rings. The van der Waals surface area contributed by atoms with E-state index >= 15 is 0 Å². The van der Waals surface area contributed by atoms with Crippen molar-refractivity contribution in [1.82, 2.24) is 4.90 Å². The fraction of sp³-hybridized carbons (Fsp3) is 0.353. The summed E-state index contributed by atoms with van der Waals surface area (Å²) in [4.78, 5) is 15.2. The molecule has 2 rings (SSSR count). The zero-order chi connectivity index (χ0) is 16.8. The first-order valence-electron chi connectivity index (χ1n) is 7.38. The maximum atomic E-state index is 13.7. The van der Waals surface area contributed by atoms with Gasteiger partial charge in [0.1, 0.15) is 0 Å². The number of benzene rings is 1. The molecule has 1 aromatic carbocycles. The van der Waals surface area contributed by atoms with E-state index in [2.05, 4.69) is 0 Å². The number of hydrogen-bond donors (Lipinski definition) is 0. The normalized spacial score (nSPS) is 10.6. The SMILES string of the molecule is CCN(Cc1ccc(Cl)s1)C(=O)CCc1ccc(OC)c(F)c1. The number of rotatable bonds is 7. The average molecular weight is 356 g/mol. The molecule has 0 aliphatic heterocycles. The van der Waals surface area contributed by atoms with Gasteiger partial charge in [0, 0.05) is 17.8 Å². The molecule has 1 heterocycles. The highest BCUT2D eigenvalue weighted by Crippen LogP contribution is 2.23. The summed E-state index contributed by atoms with van der Waals surface area (Å²) in [6.07, 6.45) is 0.847. The molecule has 0 N–H and O–H groups in total. The van der Waals surface area contributed by atoms with Crippen molar-refractivity contribution >= 4 is 28.8 Å². The van der Waals surface area contributed by atoms with Crippen molar-refractivity contribution in [3.8, 4) is 5.75 Å². The Labute approximate surface area is 144 Å². The van der Waals surface area contributed by atoms with Gasteiger partial charge < -0.3 is 9.64 Å². The van der Waals surface area contributed by atoms with E-state index in [1.54, 1.807) is 17.0 Å². The summed E-state index contributed by atoms with van der Waals surface area (Å²) in [7, 11) is 1.43. The first-order valence-corrected chi connectivity index (χ1v) is 8.57. The Morgan fingerprint density at radius 1 is 1.35 bits per heavy atom. The molecule has 0 spiro atoms. The minimum absolute atomic E-state index is 0.0493. The summed E-state index contributed by atoms with van der Waals surface area (Å²) in [6, 6.07) is 8.55. The quantitative estimate of drug-likeness (QED) is 0.730. The highest BCUT2D eigenvalue weighted by molar-refractivity contribution is 7.16. The van der Waals surface area contributed by atoms with E-state index in [0.717, 1.165) is 14.8 Å². The standard InChI is InChI=1S/C17H19ClFNO2S/c1-3-20(11-13-6-8-16(18)23-13)17(21)9-5-12-4-7-15(22-2)14(19)10-12/h4,6-8,10H,3,5,9,11H2,1-2H3. The van der Waals surface area contributed by atoms with Crippen molar-refractivity contribution in [3.05, 3.63) is 50.9 Å². The highest BCUT2D eigenvalue weighted by atomic mass is 35.5. The van der Waals surface area contributed by atoms with E-state index in [1.807, 2.05) is 19.1 Å². The van der Waals surface area contributed by atoms with Crippen LogP contribution in [0.1, 0.15) is 23.8 Å². The van der Waals surface area contributed by atoms with Crippen LogP contribution in [0.25, 0.3) is 0 Å². The largest absolute Gasteiger partial charge is 0.494 e. The lowest BCUT2D eigenvalue weighted by atomic mass is 10.1. The molecule has 1 amide bonds. The van der Waals surface area contributed by atoms with Gasteiger partial charge in [-0.3, -0.25) is 4.79 Å². The van der Waals surface area contributed by atoms with E-state index in [4.69, 9.17) is 16.3 Å². The van der Waals surface area contributed by atoms with E-state index < -0.39 is 5.82 Å². The Morgan fingerprint density at radius 3 is 2.70 bits per heavy atom. The van der Waals surface area contributed by atoms with Gasteiger partial charge in [-0.25, -0.2) is 4.39 Å². The lowest BCUT2D eigenvalue weighted by Gasteiger charge is -2.20. The second-order valence-corrected chi connectivity index (χ2v) is 6.88. The highest BCUT2D eigenvalue weighted by Gasteiger charge is 2.14. The van der Waals surface area contributed by atoms with Gasteiger partial charge in [-0.1, -0.05) is 17.7 Å². The van der Waals surface area contributed by atoms with E-state index in [-0.39, 0.29) is 11.7 Å². The number of halogens is 2. The van der Waals surface area contributed by atoms with Crippen LogP contribution in [0.3, 0.4) is 0 Å². The van der Waals surface area contributed by atoms with Crippen molar-refractivity contribution in [2.45, 2.75) is 26.3 Å². The molecule has 0 aliphatic carbocycles. The van der Waals surface area contributed by atoms with E-state index in [9.17, 15) is 9.18 Å². The van der Waals surface area contributed by atoms with Crippen LogP contribution >= 0.6 is 22.9 Å². The second-order valence-electron chi connectivity index (χ2n) is 5.08. The maximum absolute atomic E-state index is 13.7. The second kappa shape index (κ2) is 8.31. The molecule has 0 radical (unpaired) electrons. The molecule has 124 valence electrons. The molecule has 3 nitrogen and oxygen atoms in total. The third-order valence-electron chi connectivity index (χ3n) is 3.55. The molecule has 0 saturated carbocycles. The summed E-state index contributed by atoms with van der Waals surface area (Å²) in [5, 5.41) is 0. The van der Waals surface area contributed by atoms with Crippen LogP contribution < -0.4 is 4.74 Å². The lowest BCUT2D eigenvalue weighted by Crippen LogP contribution is -2.30. The number of aryl methyl sites for hydroxylation is 1. The van der Waals surface area contributed by atoms with Crippen LogP contribution in [0.5, 0.6) is 5.75 Å². The van der Waals surface area contributed by atoms with Crippen molar-refractivity contribution in [2.75, 3.05) is 13.7 Å². The Kier molecular flexibility index (Phi) is 6.42.